The third-order valence-electron chi connectivity index (χ3n) is 3.44. The lowest BCUT2D eigenvalue weighted by Crippen LogP contribution is -2.45. The largest absolute Gasteiger partial charge is 0.383 e. The Hall–Kier alpha value is -1.63. The predicted molar refractivity (Wildman–Crippen MR) is 92.6 cm³/mol. The summed E-state index contributed by atoms with van der Waals surface area (Å²) in [5.41, 5.74) is 6.64. The van der Waals surface area contributed by atoms with Crippen molar-refractivity contribution in [2.75, 3.05) is 47.4 Å². The first-order valence-corrected chi connectivity index (χ1v) is 7.24. The highest BCUT2D eigenvalue weighted by Gasteiger charge is 2.26. The standard InChI is InChI=1S/C16H25N3O3.ClH/c1-18(2)15(20)12-19(9-10-22-3)16(21)14(11-17)13-7-5-4-6-8-13;/h4-8,14H,9-12,17H2,1-3H3;1H. The predicted octanol–water partition coefficient (Wildman–Crippen LogP) is 0.714. The van der Waals surface area contributed by atoms with Crippen molar-refractivity contribution in [3.05, 3.63) is 35.9 Å². The van der Waals surface area contributed by atoms with Crippen LogP contribution in [-0.4, -0.2) is 69.1 Å². The molecule has 6 nitrogen and oxygen atoms in total. The molecule has 1 aromatic carbocycles. The van der Waals surface area contributed by atoms with Crippen LogP contribution in [0, 0.1) is 0 Å². The molecule has 1 unspecified atom stereocenters. The molecule has 1 atom stereocenters. The number of nitrogens with two attached hydrogens (primary N) is 1. The van der Waals surface area contributed by atoms with Gasteiger partial charge in [0.25, 0.3) is 0 Å². The van der Waals surface area contributed by atoms with Crippen molar-refractivity contribution in [1.29, 1.82) is 0 Å². The topological polar surface area (TPSA) is 75.9 Å². The van der Waals surface area contributed by atoms with Gasteiger partial charge < -0.3 is 20.3 Å². The van der Waals surface area contributed by atoms with Crippen LogP contribution in [0.5, 0.6) is 0 Å². The number of benzene rings is 1. The maximum Gasteiger partial charge on any atom is 0.241 e. The molecule has 0 bridgehead atoms. The minimum Gasteiger partial charge on any atom is -0.383 e. The maximum absolute atomic E-state index is 12.8. The van der Waals surface area contributed by atoms with Gasteiger partial charge in [0.15, 0.2) is 0 Å². The number of nitrogens with zero attached hydrogens (tertiary/aromatic N) is 2. The molecule has 1 rings (SSSR count). The van der Waals surface area contributed by atoms with Crippen LogP contribution in [0.1, 0.15) is 11.5 Å². The number of carbonyl (C=O) groups excluding carboxylic acids is 2. The monoisotopic (exact) mass is 343 g/mol. The van der Waals surface area contributed by atoms with Gasteiger partial charge in [-0.05, 0) is 5.56 Å². The fourth-order valence-electron chi connectivity index (χ4n) is 2.06. The van der Waals surface area contributed by atoms with Gasteiger partial charge in [-0.3, -0.25) is 9.59 Å². The van der Waals surface area contributed by atoms with E-state index >= 15 is 0 Å². The normalized spacial score (nSPS) is 11.3. The highest BCUT2D eigenvalue weighted by atomic mass is 35.5. The number of hydrogen-bond acceptors (Lipinski definition) is 4. The molecule has 0 heterocycles. The highest BCUT2D eigenvalue weighted by molar-refractivity contribution is 5.88. The molecule has 2 amide bonds. The van der Waals surface area contributed by atoms with Crippen molar-refractivity contribution in [3.8, 4) is 0 Å². The van der Waals surface area contributed by atoms with Crippen LogP contribution < -0.4 is 5.73 Å². The summed E-state index contributed by atoms with van der Waals surface area (Å²) in [7, 11) is 4.89. The number of halogens is 1. The van der Waals surface area contributed by atoms with Crippen molar-refractivity contribution in [1.82, 2.24) is 9.80 Å². The molecule has 23 heavy (non-hydrogen) atoms. The van der Waals surface area contributed by atoms with Gasteiger partial charge in [-0.1, -0.05) is 30.3 Å². The number of likely N-dealkylation sites (N-methyl/N-ethyl adjacent to an activating group) is 1. The fraction of sp³-hybridized carbons (Fsp3) is 0.500. The van der Waals surface area contributed by atoms with Gasteiger partial charge >= 0.3 is 0 Å². The van der Waals surface area contributed by atoms with Crippen LogP contribution in [0.15, 0.2) is 30.3 Å². The van der Waals surface area contributed by atoms with Crippen LogP contribution in [0.4, 0.5) is 0 Å². The molecule has 7 heteroatoms. The van der Waals surface area contributed by atoms with E-state index in [9.17, 15) is 9.59 Å². The minimum atomic E-state index is -0.451. The van der Waals surface area contributed by atoms with Gasteiger partial charge in [0.1, 0.15) is 0 Å². The second-order valence-corrected chi connectivity index (χ2v) is 5.24. The second kappa shape index (κ2) is 11.0. The Balaban J connectivity index is 0.00000484. The first-order valence-electron chi connectivity index (χ1n) is 7.24. The van der Waals surface area contributed by atoms with Gasteiger partial charge in [0.05, 0.1) is 19.1 Å². The SMILES string of the molecule is COCCN(CC(=O)N(C)C)C(=O)C(CN)c1ccccc1.Cl. The van der Waals surface area contributed by atoms with Crippen molar-refractivity contribution in [2.45, 2.75) is 5.92 Å². The van der Waals surface area contributed by atoms with Crippen molar-refractivity contribution >= 4 is 24.2 Å². The number of ether oxygens (including phenoxy) is 1. The smallest absolute Gasteiger partial charge is 0.241 e. The van der Waals surface area contributed by atoms with Crippen molar-refractivity contribution in [3.63, 3.8) is 0 Å². The first-order chi connectivity index (χ1) is 10.5. The van der Waals surface area contributed by atoms with Gasteiger partial charge in [0.2, 0.25) is 11.8 Å². The van der Waals surface area contributed by atoms with Crippen LogP contribution in [0.3, 0.4) is 0 Å². The highest BCUT2D eigenvalue weighted by Crippen LogP contribution is 2.17. The third kappa shape index (κ3) is 6.56. The van der Waals surface area contributed by atoms with E-state index in [4.69, 9.17) is 10.5 Å². The molecule has 0 aliphatic heterocycles. The molecule has 0 aliphatic carbocycles. The quantitative estimate of drug-likeness (QED) is 0.754. The Morgan fingerprint density at radius 3 is 2.30 bits per heavy atom. The summed E-state index contributed by atoms with van der Waals surface area (Å²) in [5, 5.41) is 0. The molecular weight excluding hydrogens is 318 g/mol. The summed E-state index contributed by atoms with van der Waals surface area (Å²) in [6.07, 6.45) is 0. The number of methoxy groups -OCH3 is 1. The van der Waals surface area contributed by atoms with Crippen molar-refractivity contribution in [2.24, 2.45) is 5.73 Å². The van der Waals surface area contributed by atoms with Gasteiger partial charge in [-0.15, -0.1) is 12.4 Å². The van der Waals surface area contributed by atoms with Gasteiger partial charge in [-0.25, -0.2) is 0 Å². The lowest BCUT2D eigenvalue weighted by molar-refractivity contribution is -0.140. The van der Waals surface area contributed by atoms with E-state index in [0.717, 1.165) is 5.56 Å². The van der Waals surface area contributed by atoms with Crippen LogP contribution in [-0.2, 0) is 14.3 Å². The van der Waals surface area contributed by atoms with E-state index in [1.165, 1.54) is 9.80 Å². The Labute approximate surface area is 144 Å². The van der Waals surface area contributed by atoms with Crippen LogP contribution in [0.2, 0.25) is 0 Å². The summed E-state index contributed by atoms with van der Waals surface area (Å²) in [6, 6.07) is 9.38. The zero-order valence-corrected chi connectivity index (χ0v) is 14.7. The molecular formula is C16H26ClN3O3. The number of hydrogen-bond donors (Lipinski definition) is 1. The number of amides is 2. The van der Waals surface area contributed by atoms with E-state index in [-0.39, 0.29) is 37.3 Å². The van der Waals surface area contributed by atoms with Crippen LogP contribution in [0.25, 0.3) is 0 Å². The minimum absolute atomic E-state index is 0. The molecule has 0 saturated carbocycles. The summed E-state index contributed by atoms with van der Waals surface area (Å²) < 4.78 is 5.03. The molecule has 130 valence electrons. The lowest BCUT2D eigenvalue weighted by Gasteiger charge is -2.27. The lowest BCUT2D eigenvalue weighted by atomic mass is 9.97. The molecule has 0 spiro atoms. The zero-order valence-electron chi connectivity index (χ0n) is 13.9. The van der Waals surface area contributed by atoms with E-state index in [0.29, 0.717) is 13.2 Å². The average molecular weight is 344 g/mol. The molecule has 0 radical (unpaired) electrons. The summed E-state index contributed by atoms with van der Waals surface area (Å²) >= 11 is 0. The molecule has 0 aromatic heterocycles. The van der Waals surface area contributed by atoms with E-state index in [2.05, 4.69) is 0 Å². The maximum atomic E-state index is 12.8. The Kier molecular flexibility index (Phi) is 10.2. The Morgan fingerprint density at radius 1 is 1.22 bits per heavy atom. The summed E-state index contributed by atoms with van der Waals surface area (Å²) in [4.78, 5) is 27.7. The average Bonchev–Trinajstić information content (AvgIpc) is 2.52. The summed E-state index contributed by atoms with van der Waals surface area (Å²) in [5.74, 6) is -0.734. The Morgan fingerprint density at radius 2 is 1.83 bits per heavy atom. The first kappa shape index (κ1) is 21.4. The van der Waals surface area contributed by atoms with Gasteiger partial charge in [-0.2, -0.15) is 0 Å². The van der Waals surface area contributed by atoms with E-state index < -0.39 is 5.92 Å². The van der Waals surface area contributed by atoms with E-state index in [1.54, 1.807) is 21.2 Å². The molecule has 2 N–H and O–H groups in total. The zero-order chi connectivity index (χ0) is 16.5. The second-order valence-electron chi connectivity index (χ2n) is 5.24. The van der Waals surface area contributed by atoms with Crippen molar-refractivity contribution < 1.29 is 14.3 Å². The molecule has 0 fully saturated rings. The Bertz CT molecular complexity index is 483. The molecule has 0 saturated heterocycles. The molecule has 1 aromatic rings. The van der Waals surface area contributed by atoms with E-state index in [1.807, 2.05) is 30.3 Å². The number of rotatable bonds is 8. The fourth-order valence-corrected chi connectivity index (χ4v) is 2.06. The number of carbonyl (C=O) groups is 2. The summed E-state index contributed by atoms with van der Waals surface area (Å²) in [6.45, 7) is 0.956. The molecule has 0 aliphatic rings. The van der Waals surface area contributed by atoms with Gasteiger partial charge in [0, 0.05) is 34.3 Å². The third-order valence-corrected chi connectivity index (χ3v) is 3.44. The van der Waals surface area contributed by atoms with Crippen LogP contribution >= 0.6 is 12.4 Å².